The first-order valence-corrected chi connectivity index (χ1v) is 6.12. The number of hydrogen-bond acceptors (Lipinski definition) is 3. The molecule has 1 aromatic rings. The monoisotopic (exact) mass is 223 g/mol. The predicted octanol–water partition coefficient (Wildman–Crippen LogP) is 2.50. The number of nitrogens with one attached hydrogen (secondary N) is 1. The van der Waals surface area contributed by atoms with Crippen LogP contribution in [0.15, 0.2) is 16.5 Å². The first kappa shape index (κ1) is 11.7. The highest BCUT2D eigenvalue weighted by atomic mass is 16.5. The Morgan fingerprint density at radius 3 is 2.56 bits per heavy atom. The van der Waals surface area contributed by atoms with Gasteiger partial charge in [-0.2, -0.15) is 0 Å². The molecular formula is C13H21NO2. The molecular weight excluding hydrogens is 202 g/mol. The van der Waals surface area contributed by atoms with E-state index in [0.29, 0.717) is 0 Å². The Kier molecular flexibility index (Phi) is 3.66. The third-order valence-electron chi connectivity index (χ3n) is 3.35. The highest BCUT2D eigenvalue weighted by molar-refractivity contribution is 5.07. The van der Waals surface area contributed by atoms with E-state index >= 15 is 0 Å². The van der Waals surface area contributed by atoms with Gasteiger partial charge in [-0.3, -0.25) is 0 Å². The Balaban J connectivity index is 1.86. The van der Waals surface area contributed by atoms with Gasteiger partial charge in [0, 0.05) is 25.2 Å². The van der Waals surface area contributed by atoms with Crippen molar-refractivity contribution >= 4 is 0 Å². The number of furan rings is 1. The average Bonchev–Trinajstić information content (AvgIpc) is 2.75. The second-order valence-corrected chi connectivity index (χ2v) is 4.75. The van der Waals surface area contributed by atoms with E-state index in [0.717, 1.165) is 50.5 Å². The molecule has 0 atom stereocenters. The minimum Gasteiger partial charge on any atom is -0.465 e. The molecule has 0 radical (unpaired) electrons. The lowest BCUT2D eigenvalue weighted by Gasteiger charge is -2.34. The van der Waals surface area contributed by atoms with Crippen molar-refractivity contribution in [1.82, 2.24) is 5.32 Å². The summed E-state index contributed by atoms with van der Waals surface area (Å²) in [6, 6.07) is 4.12. The van der Waals surface area contributed by atoms with E-state index in [4.69, 9.17) is 9.15 Å². The Labute approximate surface area is 97.2 Å². The molecule has 1 saturated heterocycles. The van der Waals surface area contributed by atoms with Crippen LogP contribution in [0.5, 0.6) is 0 Å². The van der Waals surface area contributed by atoms with Crippen molar-refractivity contribution in [2.24, 2.45) is 0 Å². The fourth-order valence-electron chi connectivity index (χ4n) is 2.01. The summed E-state index contributed by atoms with van der Waals surface area (Å²) in [6.07, 6.45) is 3.12. The van der Waals surface area contributed by atoms with Crippen LogP contribution >= 0.6 is 0 Å². The zero-order valence-corrected chi connectivity index (χ0v) is 10.2. The molecule has 3 nitrogen and oxygen atoms in total. The third-order valence-corrected chi connectivity index (χ3v) is 3.35. The second kappa shape index (κ2) is 5.02. The van der Waals surface area contributed by atoms with Gasteiger partial charge in [-0.1, -0.05) is 6.92 Å². The van der Waals surface area contributed by atoms with Crippen LogP contribution in [-0.4, -0.2) is 18.8 Å². The van der Waals surface area contributed by atoms with Gasteiger partial charge >= 0.3 is 0 Å². The summed E-state index contributed by atoms with van der Waals surface area (Å²) in [6.45, 7) is 6.91. The molecule has 2 heterocycles. The summed E-state index contributed by atoms with van der Waals surface area (Å²) in [5.74, 6) is 2.10. The lowest BCUT2D eigenvalue weighted by Crippen LogP contribution is -2.46. The highest BCUT2D eigenvalue weighted by Crippen LogP contribution is 2.20. The van der Waals surface area contributed by atoms with Crippen molar-refractivity contribution in [3.05, 3.63) is 23.7 Å². The first-order chi connectivity index (χ1) is 7.72. The van der Waals surface area contributed by atoms with Crippen molar-refractivity contribution in [2.75, 3.05) is 13.2 Å². The van der Waals surface area contributed by atoms with Crippen molar-refractivity contribution < 1.29 is 9.15 Å². The largest absolute Gasteiger partial charge is 0.465 e. The minimum absolute atomic E-state index is 0.206. The van der Waals surface area contributed by atoms with Gasteiger partial charge in [0.15, 0.2) is 0 Å². The van der Waals surface area contributed by atoms with Crippen LogP contribution in [-0.2, 0) is 17.7 Å². The van der Waals surface area contributed by atoms with Crippen LogP contribution in [0.25, 0.3) is 0 Å². The van der Waals surface area contributed by atoms with Gasteiger partial charge in [-0.05, 0) is 31.9 Å². The van der Waals surface area contributed by atoms with E-state index in [1.54, 1.807) is 0 Å². The van der Waals surface area contributed by atoms with Crippen LogP contribution in [0.1, 0.15) is 38.2 Å². The summed E-state index contributed by atoms with van der Waals surface area (Å²) in [5.41, 5.74) is 0.206. The highest BCUT2D eigenvalue weighted by Gasteiger charge is 2.26. The first-order valence-electron chi connectivity index (χ1n) is 6.12. The van der Waals surface area contributed by atoms with Crippen LogP contribution in [0.3, 0.4) is 0 Å². The minimum atomic E-state index is 0.206. The second-order valence-electron chi connectivity index (χ2n) is 4.75. The smallest absolute Gasteiger partial charge is 0.117 e. The molecule has 0 unspecified atom stereocenters. The number of rotatable bonds is 4. The van der Waals surface area contributed by atoms with Crippen molar-refractivity contribution in [3.63, 3.8) is 0 Å². The molecule has 1 aliphatic heterocycles. The van der Waals surface area contributed by atoms with Crippen molar-refractivity contribution in [1.29, 1.82) is 0 Å². The molecule has 1 N–H and O–H groups in total. The van der Waals surface area contributed by atoms with E-state index in [9.17, 15) is 0 Å². The molecule has 1 aliphatic rings. The van der Waals surface area contributed by atoms with Gasteiger partial charge in [-0.15, -0.1) is 0 Å². The van der Waals surface area contributed by atoms with Gasteiger partial charge in [-0.25, -0.2) is 0 Å². The lowest BCUT2D eigenvalue weighted by atomic mass is 9.92. The van der Waals surface area contributed by atoms with Crippen LogP contribution in [0.2, 0.25) is 0 Å². The molecule has 0 spiro atoms. The Morgan fingerprint density at radius 2 is 1.94 bits per heavy atom. The number of aryl methyl sites for hydroxylation is 1. The van der Waals surface area contributed by atoms with E-state index in [2.05, 4.69) is 31.3 Å². The molecule has 1 fully saturated rings. The molecule has 90 valence electrons. The molecule has 0 aromatic carbocycles. The summed E-state index contributed by atoms with van der Waals surface area (Å²) in [5, 5.41) is 3.58. The quantitative estimate of drug-likeness (QED) is 0.851. The number of ether oxygens (including phenoxy) is 1. The van der Waals surface area contributed by atoms with Gasteiger partial charge in [0.05, 0.1) is 6.54 Å². The van der Waals surface area contributed by atoms with E-state index in [1.165, 1.54) is 0 Å². The molecule has 0 aliphatic carbocycles. The SMILES string of the molecule is CCc1ccc(CNC2(C)CCOCC2)o1. The summed E-state index contributed by atoms with van der Waals surface area (Å²) in [7, 11) is 0. The molecule has 0 amide bonds. The van der Waals surface area contributed by atoms with Gasteiger partial charge in [0.1, 0.15) is 11.5 Å². The van der Waals surface area contributed by atoms with Crippen molar-refractivity contribution in [3.8, 4) is 0 Å². The standard InChI is InChI=1S/C13H21NO2/c1-3-11-4-5-12(16-11)10-14-13(2)6-8-15-9-7-13/h4-5,14H,3,6-10H2,1-2H3. The molecule has 3 heteroatoms. The molecule has 0 bridgehead atoms. The molecule has 0 saturated carbocycles. The molecule has 16 heavy (non-hydrogen) atoms. The van der Waals surface area contributed by atoms with E-state index in [-0.39, 0.29) is 5.54 Å². The zero-order chi connectivity index (χ0) is 11.4. The zero-order valence-electron chi connectivity index (χ0n) is 10.2. The van der Waals surface area contributed by atoms with E-state index < -0.39 is 0 Å². The maximum atomic E-state index is 5.68. The Morgan fingerprint density at radius 1 is 1.25 bits per heavy atom. The fourth-order valence-corrected chi connectivity index (χ4v) is 2.01. The molecule has 1 aromatic heterocycles. The third kappa shape index (κ3) is 2.86. The topological polar surface area (TPSA) is 34.4 Å². The summed E-state index contributed by atoms with van der Waals surface area (Å²) < 4.78 is 11.1. The summed E-state index contributed by atoms with van der Waals surface area (Å²) >= 11 is 0. The Hall–Kier alpha value is -0.800. The van der Waals surface area contributed by atoms with E-state index in [1.807, 2.05) is 0 Å². The van der Waals surface area contributed by atoms with Gasteiger partial charge < -0.3 is 14.5 Å². The van der Waals surface area contributed by atoms with Crippen LogP contribution < -0.4 is 5.32 Å². The lowest BCUT2D eigenvalue weighted by molar-refractivity contribution is 0.0439. The Bertz CT molecular complexity index is 326. The van der Waals surface area contributed by atoms with Crippen LogP contribution in [0.4, 0.5) is 0 Å². The number of hydrogen-bond donors (Lipinski definition) is 1. The van der Waals surface area contributed by atoms with Gasteiger partial charge in [0.25, 0.3) is 0 Å². The van der Waals surface area contributed by atoms with Crippen LogP contribution in [0, 0.1) is 0 Å². The maximum Gasteiger partial charge on any atom is 0.117 e. The predicted molar refractivity (Wildman–Crippen MR) is 63.4 cm³/mol. The van der Waals surface area contributed by atoms with Gasteiger partial charge in [0.2, 0.25) is 0 Å². The van der Waals surface area contributed by atoms with Crippen molar-refractivity contribution in [2.45, 2.75) is 45.2 Å². The molecule has 2 rings (SSSR count). The maximum absolute atomic E-state index is 5.68. The summed E-state index contributed by atoms with van der Waals surface area (Å²) in [4.78, 5) is 0. The average molecular weight is 223 g/mol. The fraction of sp³-hybridized carbons (Fsp3) is 0.692. The normalized spacial score (nSPS) is 19.9.